The molecule has 206 valence electrons. The fraction of sp³-hybridized carbons (Fsp3) is 0.550. The number of hydrogen-bond donors (Lipinski definition) is 6. The van der Waals surface area contributed by atoms with Gasteiger partial charge in [-0.3, -0.25) is 13.9 Å². The number of anilines is 1. The lowest BCUT2D eigenvalue weighted by atomic mass is 9.98. The number of rotatable bonds is 14. The zero-order chi connectivity index (χ0) is 27.4. The van der Waals surface area contributed by atoms with Gasteiger partial charge in [0.15, 0.2) is 10.8 Å². The van der Waals surface area contributed by atoms with Crippen LogP contribution in [0, 0.1) is 0 Å². The van der Waals surface area contributed by atoms with E-state index in [1.807, 2.05) is 6.92 Å². The summed E-state index contributed by atoms with van der Waals surface area (Å²) in [5, 5.41) is 29.3. The maximum atomic E-state index is 13.2. The summed E-state index contributed by atoms with van der Waals surface area (Å²) in [6.07, 6.45) is 2.89. The van der Waals surface area contributed by atoms with E-state index in [1.54, 1.807) is 6.20 Å². The summed E-state index contributed by atoms with van der Waals surface area (Å²) in [4.78, 5) is 47.9. The molecule has 0 spiro atoms. The molecule has 0 aromatic carbocycles. The van der Waals surface area contributed by atoms with Crippen molar-refractivity contribution in [3.8, 4) is 0 Å². The van der Waals surface area contributed by atoms with Crippen molar-refractivity contribution in [2.45, 2.75) is 56.5 Å². The van der Waals surface area contributed by atoms with Gasteiger partial charge in [0.25, 0.3) is 11.8 Å². The third kappa shape index (κ3) is 5.88. The molecule has 2 fully saturated rings. The van der Waals surface area contributed by atoms with Crippen LogP contribution in [0.5, 0.6) is 0 Å². The second-order valence-electron chi connectivity index (χ2n) is 8.81. The summed E-state index contributed by atoms with van der Waals surface area (Å²) < 4.78 is 10.7. The molecule has 18 heteroatoms. The van der Waals surface area contributed by atoms with Crippen LogP contribution >= 0.6 is 23.6 Å². The van der Waals surface area contributed by atoms with Crippen molar-refractivity contribution in [1.29, 1.82) is 0 Å². The lowest BCUT2D eigenvalue weighted by molar-refractivity contribution is -0.153. The number of thiazole rings is 1. The molecule has 38 heavy (non-hydrogen) atoms. The Hall–Kier alpha value is -3.32. The first-order valence-electron chi connectivity index (χ1n) is 11.7. The topological polar surface area (TPSA) is 236 Å². The van der Waals surface area contributed by atoms with E-state index in [9.17, 15) is 24.0 Å². The number of β-lactam (4-membered cyclic amide) rings is 1. The molecule has 1 aliphatic heterocycles. The van der Waals surface area contributed by atoms with Gasteiger partial charge in [-0.15, -0.1) is 11.3 Å². The van der Waals surface area contributed by atoms with E-state index in [2.05, 4.69) is 31.0 Å². The number of carbonyl (C=O) groups is 3. The highest BCUT2D eigenvalue weighted by Crippen LogP contribution is 2.40. The monoisotopic (exact) mass is 568 g/mol. The van der Waals surface area contributed by atoms with Crippen LogP contribution in [0.25, 0.3) is 0 Å². The lowest BCUT2D eigenvalue weighted by Gasteiger charge is -2.43. The summed E-state index contributed by atoms with van der Waals surface area (Å²) in [5.41, 5.74) is 10.1. The van der Waals surface area contributed by atoms with Crippen molar-refractivity contribution < 1.29 is 28.9 Å². The van der Waals surface area contributed by atoms with Crippen LogP contribution < -0.4 is 22.1 Å². The van der Waals surface area contributed by atoms with Gasteiger partial charge >= 0.3 is 5.97 Å². The predicted octanol–water partition coefficient (Wildman–Crippen LogP) is -0.829. The fourth-order valence-corrected chi connectivity index (χ4v) is 4.70. The quantitative estimate of drug-likeness (QED) is 0.0408. The van der Waals surface area contributed by atoms with Crippen LogP contribution in [-0.4, -0.2) is 88.2 Å². The minimum absolute atomic E-state index is 0.0670. The van der Waals surface area contributed by atoms with Crippen LogP contribution in [-0.2, 0) is 25.8 Å². The zero-order valence-electron chi connectivity index (χ0n) is 20.3. The maximum Gasteiger partial charge on any atom is 0.350 e. The zero-order valence-corrected chi connectivity index (χ0v) is 21.9. The van der Waals surface area contributed by atoms with Crippen LogP contribution in [0.15, 0.2) is 16.7 Å². The maximum absolute atomic E-state index is 13.2. The molecule has 2 aliphatic rings. The Kier molecular flexibility index (Phi) is 8.46. The van der Waals surface area contributed by atoms with E-state index in [4.69, 9.17) is 16.3 Å². The lowest BCUT2D eigenvalue weighted by Crippen LogP contribution is -2.70. The minimum Gasteiger partial charge on any atom is -0.478 e. The fourth-order valence-electron chi connectivity index (χ4n) is 3.65. The Morgan fingerprint density at radius 2 is 2.21 bits per heavy atom. The molecule has 4 rings (SSSR count). The highest BCUT2D eigenvalue weighted by Gasteiger charge is 2.55. The van der Waals surface area contributed by atoms with Gasteiger partial charge in [0.1, 0.15) is 24.0 Å². The summed E-state index contributed by atoms with van der Waals surface area (Å²) in [5.74, 6) is -2.57. The molecule has 0 bridgehead atoms. The van der Waals surface area contributed by atoms with Crippen molar-refractivity contribution in [2.75, 3.05) is 18.8 Å². The van der Waals surface area contributed by atoms with Crippen LogP contribution in [0.1, 0.15) is 43.6 Å². The molecule has 1 saturated carbocycles. The molecule has 3 unspecified atom stereocenters. The number of carbonyl (C=O) groups excluding carboxylic acids is 2. The molecular weight excluding hydrogens is 540 g/mol. The third-order valence-corrected chi connectivity index (χ3v) is 7.41. The molecule has 2 aromatic heterocycles. The summed E-state index contributed by atoms with van der Waals surface area (Å²) in [7, 11) is 0. The van der Waals surface area contributed by atoms with Gasteiger partial charge < -0.3 is 36.6 Å². The van der Waals surface area contributed by atoms with E-state index in [0.717, 1.165) is 28.6 Å². The summed E-state index contributed by atoms with van der Waals surface area (Å²) in [6, 6.07) is -1.83. The number of hydrogen-bond acceptors (Lipinski definition) is 14. The molecular formula is C20H28N10O6S2. The van der Waals surface area contributed by atoms with Gasteiger partial charge in [0.2, 0.25) is 5.60 Å². The highest BCUT2D eigenvalue weighted by atomic mass is 32.2. The van der Waals surface area contributed by atoms with Crippen molar-refractivity contribution in [3.05, 3.63) is 23.0 Å². The van der Waals surface area contributed by atoms with Gasteiger partial charge in [-0.1, -0.05) is 5.16 Å². The van der Waals surface area contributed by atoms with Crippen LogP contribution in [0.4, 0.5) is 5.13 Å². The average Bonchev–Trinajstić information content (AvgIpc) is 3.33. The Morgan fingerprint density at radius 1 is 1.45 bits per heavy atom. The summed E-state index contributed by atoms with van der Waals surface area (Å²) >= 11 is 1.28. The van der Waals surface area contributed by atoms with Crippen molar-refractivity contribution in [2.24, 2.45) is 10.9 Å². The molecule has 8 N–H and O–H groups in total. The van der Waals surface area contributed by atoms with Crippen LogP contribution in [0.3, 0.4) is 0 Å². The van der Waals surface area contributed by atoms with E-state index >= 15 is 0 Å². The second-order valence-corrected chi connectivity index (χ2v) is 10.3. The molecule has 2 amide bonds. The van der Waals surface area contributed by atoms with Gasteiger partial charge in [0.05, 0.1) is 30.5 Å². The van der Waals surface area contributed by atoms with Crippen molar-refractivity contribution in [3.63, 3.8) is 0 Å². The van der Waals surface area contributed by atoms with Crippen molar-refractivity contribution in [1.82, 2.24) is 34.9 Å². The van der Waals surface area contributed by atoms with Gasteiger partial charge in [-0.05, 0) is 26.4 Å². The molecule has 2 aromatic rings. The number of carboxylic acids is 1. The normalized spacial score (nSPS) is 21.1. The summed E-state index contributed by atoms with van der Waals surface area (Å²) in [6.45, 7) is 3.30. The Morgan fingerprint density at radius 3 is 2.82 bits per heavy atom. The van der Waals surface area contributed by atoms with Gasteiger partial charge in [-0.25, -0.2) is 9.78 Å². The Balaban J connectivity index is 1.47. The van der Waals surface area contributed by atoms with E-state index in [0.29, 0.717) is 12.2 Å². The number of nitrogens with one attached hydrogen (secondary N) is 2. The van der Waals surface area contributed by atoms with Gasteiger partial charge in [0, 0.05) is 18.2 Å². The smallest absolute Gasteiger partial charge is 0.350 e. The largest absolute Gasteiger partial charge is 0.478 e. The minimum atomic E-state index is -1.49. The number of nitrogens with two attached hydrogens (primary N) is 2. The number of oxime groups is 1. The predicted molar refractivity (Wildman–Crippen MR) is 137 cm³/mol. The number of nitrogens with zero attached hydrogens (tertiary/aromatic N) is 6. The Labute approximate surface area is 225 Å². The molecule has 1 saturated heterocycles. The Bertz CT molecular complexity index is 1210. The number of aliphatic carboxylic acids is 1. The first kappa shape index (κ1) is 27.7. The SMILES string of the molecule is CC(NCCCN)c1cnn(CC2C(NC(=O)/C(=N\OC3(C(=O)O)CC3)c3csc(N)n3)C(=O)N2SO)n1. The molecule has 1 aliphatic carbocycles. The number of carboxylic acid groups (broad SMARTS) is 1. The first-order chi connectivity index (χ1) is 18.2. The number of nitrogen functional groups attached to an aromatic ring is 1. The third-order valence-electron chi connectivity index (χ3n) is 6.11. The van der Waals surface area contributed by atoms with Crippen molar-refractivity contribution >= 4 is 52.2 Å². The second kappa shape index (κ2) is 11.6. The van der Waals surface area contributed by atoms with E-state index in [-0.39, 0.29) is 54.2 Å². The van der Waals surface area contributed by atoms with Gasteiger partial charge in [-0.2, -0.15) is 15.0 Å². The molecule has 3 atom stereocenters. The number of aromatic nitrogens is 4. The van der Waals surface area contributed by atoms with Crippen LogP contribution in [0.2, 0.25) is 0 Å². The molecule has 0 radical (unpaired) electrons. The molecule has 3 heterocycles. The standard InChI is InChI=1S/C20H28N10O6S2/c1-10(23-6-2-5-21)11-7-24-29(27-11)8-13-15(17(32)30(13)38-35)26-16(31)14(12-9-37-19(22)25-12)28-36-20(3-4-20)18(33)34/h7,9-10,13,15,23,35H,2-6,8,21H2,1H3,(H2,22,25)(H,26,31)(H,33,34)/b28-14-. The first-order valence-corrected chi connectivity index (χ1v) is 13.3. The average molecular weight is 569 g/mol. The number of amides is 2. The van der Waals surface area contributed by atoms with E-state index in [1.165, 1.54) is 10.2 Å². The molecule has 16 nitrogen and oxygen atoms in total. The van der Waals surface area contributed by atoms with E-state index < -0.39 is 35.5 Å². The highest BCUT2D eigenvalue weighted by molar-refractivity contribution is 7.92.